The first kappa shape index (κ1) is 9.49. The van der Waals surface area contributed by atoms with Crippen molar-refractivity contribution in [3.63, 3.8) is 0 Å². The summed E-state index contributed by atoms with van der Waals surface area (Å²) in [5.74, 6) is 0.342. The summed E-state index contributed by atoms with van der Waals surface area (Å²) in [6.45, 7) is 0.942. The highest BCUT2D eigenvalue weighted by Crippen LogP contribution is 2.31. The van der Waals surface area contributed by atoms with Gasteiger partial charge >= 0.3 is 0 Å². The maximum absolute atomic E-state index is 9.69. The lowest BCUT2D eigenvalue weighted by molar-refractivity contribution is 0.0913. The van der Waals surface area contributed by atoms with Crippen LogP contribution in [0.4, 0.5) is 0 Å². The summed E-state index contributed by atoms with van der Waals surface area (Å²) in [6, 6.07) is 7.53. The molecule has 1 saturated heterocycles. The topological polar surface area (TPSA) is 41.5 Å². The number of hydrogen-bond donors (Lipinski definition) is 2. The van der Waals surface area contributed by atoms with E-state index in [0.29, 0.717) is 5.75 Å². The molecule has 3 nitrogen and oxygen atoms in total. The molecule has 1 aromatic carbocycles. The summed E-state index contributed by atoms with van der Waals surface area (Å²) >= 11 is 0. The molecule has 14 heavy (non-hydrogen) atoms. The van der Waals surface area contributed by atoms with E-state index in [-0.39, 0.29) is 12.1 Å². The van der Waals surface area contributed by atoms with E-state index in [1.807, 2.05) is 18.2 Å². The van der Waals surface area contributed by atoms with E-state index >= 15 is 0 Å². The van der Waals surface area contributed by atoms with Gasteiger partial charge in [0.25, 0.3) is 0 Å². The van der Waals surface area contributed by atoms with Crippen LogP contribution in [0, 0.1) is 0 Å². The van der Waals surface area contributed by atoms with E-state index in [9.17, 15) is 5.11 Å². The zero-order valence-corrected chi connectivity index (χ0v) is 8.23. The molecule has 1 aliphatic rings. The first-order valence-corrected chi connectivity index (χ1v) is 4.87. The van der Waals surface area contributed by atoms with E-state index in [4.69, 9.17) is 4.74 Å². The normalized spacial score (nSPS) is 26.6. The fourth-order valence-corrected chi connectivity index (χ4v) is 1.99. The maximum atomic E-state index is 9.69. The van der Waals surface area contributed by atoms with Gasteiger partial charge in [-0.1, -0.05) is 18.2 Å². The van der Waals surface area contributed by atoms with Gasteiger partial charge < -0.3 is 15.2 Å². The quantitative estimate of drug-likeness (QED) is 0.746. The van der Waals surface area contributed by atoms with Crippen LogP contribution in [0.1, 0.15) is 18.0 Å². The zero-order chi connectivity index (χ0) is 9.97. The fraction of sp³-hybridized carbons (Fsp3) is 0.455. The number of ether oxygens (including phenoxy) is 1. The Bertz CT molecular complexity index is 314. The van der Waals surface area contributed by atoms with Crippen LogP contribution in [-0.2, 0) is 4.74 Å². The van der Waals surface area contributed by atoms with E-state index < -0.39 is 0 Å². The van der Waals surface area contributed by atoms with Crippen molar-refractivity contribution >= 4 is 0 Å². The summed E-state index contributed by atoms with van der Waals surface area (Å²) < 4.78 is 5.36. The molecule has 0 spiro atoms. The number of para-hydroxylation sites is 1. The molecule has 0 radical (unpaired) electrons. The summed E-state index contributed by atoms with van der Waals surface area (Å²) in [5.41, 5.74) is 0.928. The van der Waals surface area contributed by atoms with Gasteiger partial charge in [-0.2, -0.15) is 0 Å². The van der Waals surface area contributed by atoms with Gasteiger partial charge in [-0.15, -0.1) is 0 Å². The van der Waals surface area contributed by atoms with Gasteiger partial charge in [0.15, 0.2) is 0 Å². The average Bonchev–Trinajstić information content (AvgIpc) is 2.66. The van der Waals surface area contributed by atoms with Crippen LogP contribution in [0.2, 0.25) is 0 Å². The number of phenolic OH excluding ortho intramolecular Hbond substituents is 1. The predicted octanol–water partition coefficient (Wildman–Crippen LogP) is 1.44. The van der Waals surface area contributed by atoms with E-state index in [2.05, 4.69) is 5.32 Å². The molecule has 2 unspecified atom stereocenters. The molecule has 0 bridgehead atoms. The van der Waals surface area contributed by atoms with Crippen molar-refractivity contribution in [2.24, 2.45) is 0 Å². The second kappa shape index (κ2) is 3.98. The van der Waals surface area contributed by atoms with Crippen molar-refractivity contribution < 1.29 is 9.84 Å². The summed E-state index contributed by atoms with van der Waals surface area (Å²) in [4.78, 5) is 0. The van der Waals surface area contributed by atoms with Crippen molar-refractivity contribution in [2.45, 2.75) is 18.6 Å². The molecular weight excluding hydrogens is 178 g/mol. The number of aromatic hydroxyl groups is 1. The highest BCUT2D eigenvalue weighted by molar-refractivity contribution is 5.35. The first-order valence-electron chi connectivity index (χ1n) is 4.87. The standard InChI is InChI=1S/C11H15NO2/c1-14-10-6-7-12-11(10)8-4-2-3-5-9(8)13/h2-5,10-13H,6-7H2,1H3. The van der Waals surface area contributed by atoms with Gasteiger partial charge in [-0.25, -0.2) is 0 Å². The second-order valence-corrected chi connectivity index (χ2v) is 3.55. The molecule has 0 saturated carbocycles. The lowest BCUT2D eigenvalue weighted by Crippen LogP contribution is -2.22. The van der Waals surface area contributed by atoms with Crippen molar-refractivity contribution in [3.05, 3.63) is 29.8 Å². The minimum absolute atomic E-state index is 0.126. The molecular formula is C11H15NO2. The minimum Gasteiger partial charge on any atom is -0.508 e. The molecule has 76 valence electrons. The Morgan fingerprint density at radius 2 is 2.21 bits per heavy atom. The van der Waals surface area contributed by atoms with E-state index in [1.54, 1.807) is 13.2 Å². The van der Waals surface area contributed by atoms with Crippen molar-refractivity contribution in [3.8, 4) is 5.75 Å². The molecule has 2 atom stereocenters. The monoisotopic (exact) mass is 193 g/mol. The zero-order valence-electron chi connectivity index (χ0n) is 8.23. The molecule has 1 aliphatic heterocycles. The van der Waals surface area contributed by atoms with Gasteiger partial charge in [0.05, 0.1) is 12.1 Å². The molecule has 0 amide bonds. The summed E-state index contributed by atoms with van der Waals surface area (Å²) in [6.07, 6.45) is 1.17. The molecule has 1 fully saturated rings. The number of hydrogen-bond acceptors (Lipinski definition) is 3. The lowest BCUT2D eigenvalue weighted by Gasteiger charge is -2.19. The van der Waals surface area contributed by atoms with Crippen molar-refractivity contribution in [2.75, 3.05) is 13.7 Å². The predicted molar refractivity (Wildman–Crippen MR) is 54.3 cm³/mol. The number of rotatable bonds is 2. The Morgan fingerprint density at radius 3 is 2.93 bits per heavy atom. The SMILES string of the molecule is COC1CCNC1c1ccccc1O. The maximum Gasteiger partial charge on any atom is 0.120 e. The Kier molecular flexibility index (Phi) is 2.70. The van der Waals surface area contributed by atoms with Crippen LogP contribution in [0.5, 0.6) is 5.75 Å². The van der Waals surface area contributed by atoms with E-state index in [0.717, 1.165) is 18.5 Å². The Morgan fingerprint density at radius 1 is 1.43 bits per heavy atom. The average molecular weight is 193 g/mol. The number of phenols is 1. The van der Waals surface area contributed by atoms with Gasteiger partial charge in [-0.05, 0) is 19.0 Å². The highest BCUT2D eigenvalue weighted by atomic mass is 16.5. The van der Waals surface area contributed by atoms with Gasteiger partial charge in [0.2, 0.25) is 0 Å². The molecule has 1 heterocycles. The Hall–Kier alpha value is -1.06. The first-order chi connectivity index (χ1) is 6.83. The smallest absolute Gasteiger partial charge is 0.120 e. The van der Waals surface area contributed by atoms with Gasteiger partial charge in [-0.3, -0.25) is 0 Å². The third kappa shape index (κ3) is 1.61. The van der Waals surface area contributed by atoms with Gasteiger partial charge in [0, 0.05) is 12.7 Å². The summed E-state index contributed by atoms with van der Waals surface area (Å²) in [5, 5.41) is 13.0. The highest BCUT2D eigenvalue weighted by Gasteiger charge is 2.29. The molecule has 1 aromatic rings. The molecule has 2 N–H and O–H groups in total. The number of nitrogens with one attached hydrogen (secondary N) is 1. The Balaban J connectivity index is 2.26. The summed E-state index contributed by atoms with van der Waals surface area (Å²) in [7, 11) is 1.71. The molecule has 0 aromatic heterocycles. The van der Waals surface area contributed by atoms with Crippen molar-refractivity contribution in [1.82, 2.24) is 5.32 Å². The van der Waals surface area contributed by atoms with Crippen LogP contribution in [0.25, 0.3) is 0 Å². The van der Waals surface area contributed by atoms with Crippen LogP contribution in [0.3, 0.4) is 0 Å². The van der Waals surface area contributed by atoms with Crippen LogP contribution >= 0.6 is 0 Å². The molecule has 3 heteroatoms. The molecule has 0 aliphatic carbocycles. The van der Waals surface area contributed by atoms with Crippen molar-refractivity contribution in [1.29, 1.82) is 0 Å². The molecule has 2 rings (SSSR count). The van der Waals surface area contributed by atoms with Crippen LogP contribution < -0.4 is 5.32 Å². The van der Waals surface area contributed by atoms with Crippen LogP contribution in [0.15, 0.2) is 24.3 Å². The van der Waals surface area contributed by atoms with Gasteiger partial charge in [0.1, 0.15) is 5.75 Å². The Labute approximate surface area is 83.7 Å². The largest absolute Gasteiger partial charge is 0.508 e. The third-order valence-corrected chi connectivity index (χ3v) is 2.74. The van der Waals surface area contributed by atoms with E-state index in [1.165, 1.54) is 0 Å². The number of methoxy groups -OCH3 is 1. The third-order valence-electron chi connectivity index (χ3n) is 2.74. The second-order valence-electron chi connectivity index (χ2n) is 3.55. The number of benzene rings is 1. The fourth-order valence-electron chi connectivity index (χ4n) is 1.99. The minimum atomic E-state index is 0.126. The van der Waals surface area contributed by atoms with Crippen LogP contribution in [-0.4, -0.2) is 24.9 Å². The lowest BCUT2D eigenvalue weighted by atomic mass is 10.0.